The van der Waals surface area contributed by atoms with Crippen LogP contribution in [-0.2, 0) is 9.59 Å². The highest BCUT2D eigenvalue weighted by atomic mass is 16.4. The lowest BCUT2D eigenvalue weighted by molar-refractivity contribution is -0.137. The second-order valence-electron chi connectivity index (χ2n) is 5.68. The zero-order valence-electron chi connectivity index (χ0n) is 10.9. The minimum absolute atomic E-state index is 0.0471. The molecule has 0 saturated heterocycles. The molecule has 0 aliphatic heterocycles. The van der Waals surface area contributed by atoms with E-state index in [9.17, 15) is 9.59 Å². The number of unbranched alkanes of at least 4 members (excludes halogenated alkanes) is 3. The van der Waals surface area contributed by atoms with Gasteiger partial charge in [-0.15, -0.1) is 6.58 Å². The molecule has 2 aliphatic carbocycles. The van der Waals surface area contributed by atoms with Crippen molar-refractivity contribution in [3.8, 4) is 0 Å². The Morgan fingerprint density at radius 1 is 1.39 bits per heavy atom. The highest BCUT2D eigenvalue weighted by Crippen LogP contribution is 2.69. The van der Waals surface area contributed by atoms with Gasteiger partial charge in [0.2, 0.25) is 0 Å². The van der Waals surface area contributed by atoms with E-state index in [1.165, 1.54) is 0 Å². The summed E-state index contributed by atoms with van der Waals surface area (Å²) in [6.07, 6.45) is 8.83. The lowest BCUT2D eigenvalue weighted by atomic mass is 9.91. The predicted molar refractivity (Wildman–Crippen MR) is 69.2 cm³/mol. The van der Waals surface area contributed by atoms with Crippen LogP contribution in [0.2, 0.25) is 0 Å². The molecule has 2 saturated carbocycles. The first-order valence-corrected chi connectivity index (χ1v) is 7.00. The van der Waals surface area contributed by atoms with Crippen molar-refractivity contribution in [1.82, 2.24) is 0 Å². The van der Waals surface area contributed by atoms with Gasteiger partial charge in [0.05, 0.1) is 0 Å². The Morgan fingerprint density at radius 3 is 2.72 bits per heavy atom. The van der Waals surface area contributed by atoms with Gasteiger partial charge >= 0.3 is 5.97 Å². The van der Waals surface area contributed by atoms with Crippen LogP contribution in [-0.4, -0.2) is 16.9 Å². The molecule has 0 heterocycles. The number of allylic oxidation sites excluding steroid dienone is 1. The van der Waals surface area contributed by atoms with Gasteiger partial charge in [0.25, 0.3) is 0 Å². The zero-order valence-corrected chi connectivity index (χ0v) is 10.9. The molecule has 3 atom stereocenters. The second kappa shape index (κ2) is 5.25. The molecule has 2 aliphatic rings. The quantitative estimate of drug-likeness (QED) is 0.531. The number of hydrogen-bond acceptors (Lipinski definition) is 2. The fourth-order valence-electron chi connectivity index (χ4n) is 3.81. The minimum atomic E-state index is -0.714. The summed E-state index contributed by atoms with van der Waals surface area (Å²) in [5, 5.41) is 8.54. The molecule has 2 rings (SSSR count). The van der Waals surface area contributed by atoms with Gasteiger partial charge in [0.1, 0.15) is 5.78 Å². The molecule has 0 amide bonds. The first-order valence-electron chi connectivity index (χ1n) is 7.00. The monoisotopic (exact) mass is 250 g/mol. The maximum Gasteiger partial charge on any atom is 0.303 e. The molecule has 18 heavy (non-hydrogen) atoms. The predicted octanol–water partition coefficient (Wildman–Crippen LogP) is 3.19. The van der Waals surface area contributed by atoms with Crippen LogP contribution < -0.4 is 0 Å². The molecule has 1 N–H and O–H groups in total. The van der Waals surface area contributed by atoms with Crippen molar-refractivity contribution >= 4 is 11.8 Å². The van der Waals surface area contributed by atoms with E-state index in [4.69, 9.17) is 5.11 Å². The number of carboxylic acids is 1. The number of Topliss-reactive ketones (excluding diaryl/α,β-unsaturated/α-hetero) is 1. The van der Waals surface area contributed by atoms with Crippen molar-refractivity contribution in [3.63, 3.8) is 0 Å². The summed E-state index contributed by atoms with van der Waals surface area (Å²) in [5.41, 5.74) is -0.0471. The molecule has 0 radical (unpaired) electrons. The van der Waals surface area contributed by atoms with E-state index in [-0.39, 0.29) is 11.8 Å². The number of ketones is 1. The van der Waals surface area contributed by atoms with Crippen molar-refractivity contribution in [1.29, 1.82) is 0 Å². The van der Waals surface area contributed by atoms with E-state index in [1.54, 1.807) is 0 Å². The normalized spacial score (nSPS) is 33.2. The Labute approximate surface area is 108 Å². The fourth-order valence-corrected chi connectivity index (χ4v) is 3.81. The maximum atomic E-state index is 12.0. The largest absolute Gasteiger partial charge is 0.481 e. The Balaban J connectivity index is 1.69. The summed E-state index contributed by atoms with van der Waals surface area (Å²) < 4.78 is 0. The van der Waals surface area contributed by atoms with Crippen LogP contribution in [0.3, 0.4) is 0 Å². The first-order chi connectivity index (χ1) is 8.63. The van der Waals surface area contributed by atoms with Crippen LogP contribution in [0, 0.1) is 17.3 Å². The lowest BCUT2D eigenvalue weighted by Gasteiger charge is -2.12. The second-order valence-corrected chi connectivity index (χ2v) is 5.68. The number of carbonyl (C=O) groups is 2. The van der Waals surface area contributed by atoms with Crippen molar-refractivity contribution in [2.75, 3.05) is 0 Å². The van der Waals surface area contributed by atoms with Gasteiger partial charge < -0.3 is 5.11 Å². The van der Waals surface area contributed by atoms with E-state index >= 15 is 0 Å². The number of carbonyl (C=O) groups excluding carboxylic acids is 1. The van der Waals surface area contributed by atoms with Gasteiger partial charge in [-0.2, -0.15) is 0 Å². The van der Waals surface area contributed by atoms with Gasteiger partial charge in [-0.1, -0.05) is 25.3 Å². The van der Waals surface area contributed by atoms with Crippen LogP contribution in [0.5, 0.6) is 0 Å². The molecule has 3 nitrogen and oxygen atoms in total. The van der Waals surface area contributed by atoms with Gasteiger partial charge in [0, 0.05) is 18.3 Å². The van der Waals surface area contributed by atoms with E-state index in [0.717, 1.165) is 44.9 Å². The highest BCUT2D eigenvalue weighted by molar-refractivity contribution is 5.91. The Bertz CT molecular complexity index is 361. The Kier molecular flexibility index (Phi) is 3.88. The smallest absolute Gasteiger partial charge is 0.303 e. The number of carboxylic acid groups (broad SMARTS) is 1. The van der Waals surface area contributed by atoms with Gasteiger partial charge in [-0.05, 0) is 31.1 Å². The Hall–Kier alpha value is -1.12. The third kappa shape index (κ3) is 2.23. The van der Waals surface area contributed by atoms with Crippen molar-refractivity contribution in [2.24, 2.45) is 17.3 Å². The topological polar surface area (TPSA) is 54.4 Å². The highest BCUT2D eigenvalue weighted by Gasteiger charge is 2.69. The minimum Gasteiger partial charge on any atom is -0.481 e. The summed E-state index contributed by atoms with van der Waals surface area (Å²) in [4.78, 5) is 22.4. The molecular weight excluding hydrogens is 228 g/mol. The summed E-state index contributed by atoms with van der Waals surface area (Å²) in [7, 11) is 0. The molecule has 0 bridgehead atoms. The van der Waals surface area contributed by atoms with Crippen LogP contribution >= 0.6 is 0 Å². The standard InChI is InChI=1S/C15H22O3/c1-2-11-12-8-9-13(16)15(11,12)10-6-4-3-5-7-14(17)18/h2,11-12H,1,3-10H2,(H,17,18)/t11?,12-,15+/m0/s1. The van der Waals surface area contributed by atoms with Crippen molar-refractivity contribution in [2.45, 2.75) is 51.4 Å². The third-order valence-corrected chi connectivity index (χ3v) is 4.77. The van der Waals surface area contributed by atoms with E-state index in [0.29, 0.717) is 17.6 Å². The van der Waals surface area contributed by atoms with Crippen LogP contribution in [0.25, 0.3) is 0 Å². The molecule has 1 unspecified atom stereocenters. The van der Waals surface area contributed by atoms with Crippen LogP contribution in [0.15, 0.2) is 12.7 Å². The van der Waals surface area contributed by atoms with E-state index < -0.39 is 5.97 Å². The zero-order chi connectivity index (χ0) is 13.2. The maximum absolute atomic E-state index is 12.0. The number of rotatable bonds is 8. The molecule has 2 fully saturated rings. The Morgan fingerprint density at radius 2 is 2.11 bits per heavy atom. The number of fused-ring (bicyclic) bond motifs is 1. The fraction of sp³-hybridized carbons (Fsp3) is 0.733. The molecule has 0 aromatic rings. The summed E-state index contributed by atoms with van der Waals surface area (Å²) in [5.74, 6) is 0.732. The molecule has 0 aromatic carbocycles. The summed E-state index contributed by atoms with van der Waals surface area (Å²) >= 11 is 0. The van der Waals surface area contributed by atoms with Crippen LogP contribution in [0.4, 0.5) is 0 Å². The summed E-state index contributed by atoms with van der Waals surface area (Å²) in [6.45, 7) is 3.84. The molecule has 100 valence electrons. The van der Waals surface area contributed by atoms with Crippen molar-refractivity contribution < 1.29 is 14.7 Å². The van der Waals surface area contributed by atoms with E-state index in [1.807, 2.05) is 6.08 Å². The van der Waals surface area contributed by atoms with Crippen LogP contribution in [0.1, 0.15) is 51.4 Å². The first kappa shape index (κ1) is 13.3. The van der Waals surface area contributed by atoms with E-state index in [2.05, 4.69) is 6.58 Å². The van der Waals surface area contributed by atoms with Gasteiger partial charge in [-0.3, -0.25) is 9.59 Å². The molecule has 0 aromatic heterocycles. The average Bonchev–Trinajstić information content (AvgIpc) is 2.86. The third-order valence-electron chi connectivity index (χ3n) is 4.77. The lowest BCUT2D eigenvalue weighted by Crippen LogP contribution is -2.15. The number of hydrogen-bond donors (Lipinski definition) is 1. The SMILES string of the molecule is C=CC1[C@@H]2CCC(=O)[C@]12CCCCCCC(=O)O. The van der Waals surface area contributed by atoms with Gasteiger partial charge in [-0.25, -0.2) is 0 Å². The van der Waals surface area contributed by atoms with Crippen molar-refractivity contribution in [3.05, 3.63) is 12.7 Å². The van der Waals surface area contributed by atoms with Gasteiger partial charge in [0.15, 0.2) is 0 Å². The summed E-state index contributed by atoms with van der Waals surface area (Å²) in [6, 6.07) is 0. The average molecular weight is 250 g/mol. The molecule has 0 spiro atoms. The number of aliphatic carboxylic acids is 1. The molecular formula is C15H22O3. The molecule has 3 heteroatoms.